The van der Waals surface area contributed by atoms with Gasteiger partial charge in [-0.05, 0) is 25.0 Å². The van der Waals surface area contributed by atoms with E-state index >= 15 is 4.39 Å². The number of carboxylic acid groups (broad SMARTS) is 1. The number of nitrogens with one attached hydrogen (secondary N) is 2. The number of aromatic hydroxyl groups is 2. The summed E-state index contributed by atoms with van der Waals surface area (Å²) < 4.78 is 34.4. The zero-order valence-corrected chi connectivity index (χ0v) is 22.3. The molecule has 1 fully saturated rings. The Balaban J connectivity index is 1.66. The van der Waals surface area contributed by atoms with Crippen LogP contribution < -0.4 is 15.3 Å². The second-order valence-corrected chi connectivity index (χ2v) is 9.63. The van der Waals surface area contributed by atoms with E-state index in [1.54, 1.807) is 6.92 Å². The van der Waals surface area contributed by atoms with Crippen molar-refractivity contribution in [2.24, 2.45) is 0 Å². The molecule has 2 heterocycles. The molecule has 0 bridgehead atoms. The standard InChI is InChI=1S/C24H22BClF2N4O10/c1-2-31-5-6-32(22(37)21(31)36)24(40)30-17(14-10(26)8-12(33)18(34)16(14)28)20(35)29-13-7-9-3-4-11(27)15(23(38)39)19(9)42-25(13)41/h3-4,8,13,17,33-34,41H,2,5-7H2,1H3,(H,29,35)(H,30,40)(H,38,39)/t13-,17+/m0/s1. The summed E-state index contributed by atoms with van der Waals surface area (Å²) >= 11 is 6.06. The molecule has 2 aromatic rings. The number of imide groups is 1. The number of nitrogens with zero attached hydrogens (tertiary/aromatic N) is 2. The zero-order chi connectivity index (χ0) is 31.0. The summed E-state index contributed by atoms with van der Waals surface area (Å²) in [5.41, 5.74) is -1.61. The fraction of sp³-hybridized carbons (Fsp3) is 0.292. The molecular formula is C24H22BClF2N4O10. The molecule has 5 amide bonds. The van der Waals surface area contributed by atoms with E-state index < -0.39 is 93.9 Å². The first-order valence-corrected chi connectivity index (χ1v) is 12.6. The molecule has 2 aliphatic rings. The summed E-state index contributed by atoms with van der Waals surface area (Å²) in [4.78, 5) is 64.5. The number of hydrogen-bond donors (Lipinski definition) is 6. The number of likely N-dealkylation sites (N-methyl/N-ethyl adjacent to an activating group) is 1. The molecule has 42 heavy (non-hydrogen) atoms. The number of carbonyl (C=O) groups excluding carboxylic acids is 4. The lowest BCUT2D eigenvalue weighted by atomic mass is 9.72. The van der Waals surface area contributed by atoms with E-state index in [0.29, 0.717) is 11.0 Å². The van der Waals surface area contributed by atoms with Crippen LogP contribution in [0.3, 0.4) is 0 Å². The van der Waals surface area contributed by atoms with E-state index in [4.69, 9.17) is 16.3 Å². The number of hydrogen-bond acceptors (Lipinski definition) is 9. The fourth-order valence-corrected chi connectivity index (χ4v) is 4.84. The highest BCUT2D eigenvalue weighted by molar-refractivity contribution is 6.47. The maximum Gasteiger partial charge on any atom is 0.547 e. The van der Waals surface area contributed by atoms with Crippen LogP contribution in [-0.4, -0.2) is 92.6 Å². The number of aromatic carboxylic acids is 1. The van der Waals surface area contributed by atoms with Gasteiger partial charge in [0.25, 0.3) is 0 Å². The van der Waals surface area contributed by atoms with Crippen molar-refractivity contribution in [3.8, 4) is 17.2 Å². The van der Waals surface area contributed by atoms with E-state index in [2.05, 4.69) is 10.6 Å². The molecule has 0 spiro atoms. The van der Waals surface area contributed by atoms with E-state index in [1.807, 2.05) is 0 Å². The molecule has 2 atom stereocenters. The largest absolute Gasteiger partial charge is 0.547 e. The Hall–Kier alpha value is -4.64. The van der Waals surface area contributed by atoms with Crippen molar-refractivity contribution < 1.29 is 57.8 Å². The van der Waals surface area contributed by atoms with Gasteiger partial charge >= 0.3 is 30.9 Å². The molecular weight excluding hydrogens is 589 g/mol. The second kappa shape index (κ2) is 11.7. The number of benzene rings is 2. The lowest BCUT2D eigenvalue weighted by molar-refractivity contribution is -0.153. The quantitative estimate of drug-likeness (QED) is 0.150. The predicted molar refractivity (Wildman–Crippen MR) is 138 cm³/mol. The van der Waals surface area contributed by atoms with Crippen LogP contribution in [0.25, 0.3) is 0 Å². The maximum absolute atomic E-state index is 15.1. The number of amides is 5. The molecule has 0 unspecified atom stereocenters. The van der Waals surface area contributed by atoms with Gasteiger partial charge in [0.1, 0.15) is 23.2 Å². The number of carboxylic acids is 1. The average molecular weight is 611 g/mol. The van der Waals surface area contributed by atoms with Crippen LogP contribution in [0.4, 0.5) is 13.6 Å². The Morgan fingerprint density at radius 3 is 2.52 bits per heavy atom. The Bertz CT molecular complexity index is 1510. The molecule has 2 aliphatic heterocycles. The van der Waals surface area contributed by atoms with E-state index in [0.717, 1.165) is 12.1 Å². The van der Waals surface area contributed by atoms with Crippen molar-refractivity contribution in [3.05, 3.63) is 51.5 Å². The van der Waals surface area contributed by atoms with Gasteiger partial charge in [0, 0.05) is 31.3 Å². The molecule has 0 aromatic heterocycles. The topological polar surface area (TPSA) is 206 Å². The van der Waals surface area contributed by atoms with Gasteiger partial charge in [0.05, 0.1) is 11.0 Å². The SMILES string of the molecule is CCN1CCN(C(=O)N[C@@H](C(=O)N[C@H]2Cc3ccc(F)c(C(=O)O)c3OB2O)c2c(Cl)cc(O)c(O)c2F)C(=O)C1=O. The first-order chi connectivity index (χ1) is 19.8. The third-order valence-corrected chi connectivity index (χ3v) is 7.03. The summed E-state index contributed by atoms with van der Waals surface area (Å²) in [6, 6.07) is -0.738. The number of piperazine rings is 1. The van der Waals surface area contributed by atoms with E-state index in [1.165, 1.54) is 4.90 Å². The van der Waals surface area contributed by atoms with Crippen LogP contribution in [0.2, 0.25) is 5.02 Å². The van der Waals surface area contributed by atoms with Crippen molar-refractivity contribution in [1.29, 1.82) is 0 Å². The smallest absolute Gasteiger partial charge is 0.534 e. The molecule has 0 radical (unpaired) electrons. The minimum atomic E-state index is -2.12. The Morgan fingerprint density at radius 1 is 1.19 bits per heavy atom. The normalized spacial score (nSPS) is 17.4. The summed E-state index contributed by atoms with van der Waals surface area (Å²) in [6.45, 7) is 1.51. The number of phenolic OH excluding ortho intramolecular Hbond substituents is 2. The van der Waals surface area contributed by atoms with Gasteiger partial charge in [-0.2, -0.15) is 0 Å². The highest BCUT2D eigenvalue weighted by Crippen LogP contribution is 2.39. The van der Waals surface area contributed by atoms with Crippen molar-refractivity contribution in [3.63, 3.8) is 0 Å². The molecule has 222 valence electrons. The van der Waals surface area contributed by atoms with E-state index in [9.17, 15) is 48.7 Å². The summed E-state index contributed by atoms with van der Waals surface area (Å²) in [6.07, 6.45) is -0.313. The lowest BCUT2D eigenvalue weighted by Crippen LogP contribution is -2.60. The molecule has 18 heteroatoms. The number of fused-ring (bicyclic) bond motifs is 1. The van der Waals surface area contributed by atoms with Gasteiger partial charge in [0.2, 0.25) is 5.91 Å². The Labute approximate surface area is 240 Å². The summed E-state index contributed by atoms with van der Waals surface area (Å²) in [7, 11) is -1.95. The molecule has 1 saturated heterocycles. The van der Waals surface area contributed by atoms with Crippen molar-refractivity contribution in [2.45, 2.75) is 25.3 Å². The highest BCUT2D eigenvalue weighted by Gasteiger charge is 2.42. The predicted octanol–water partition coefficient (Wildman–Crippen LogP) is 0.309. The third kappa shape index (κ3) is 5.47. The van der Waals surface area contributed by atoms with Gasteiger partial charge in [-0.15, -0.1) is 0 Å². The molecule has 6 N–H and O–H groups in total. The van der Waals surface area contributed by atoms with Crippen LogP contribution in [0.5, 0.6) is 17.2 Å². The van der Waals surface area contributed by atoms with Crippen LogP contribution >= 0.6 is 11.6 Å². The average Bonchev–Trinajstić information content (AvgIpc) is 2.92. The minimum Gasteiger partial charge on any atom is -0.534 e. The first kappa shape index (κ1) is 30.3. The number of carbonyl (C=O) groups is 5. The highest BCUT2D eigenvalue weighted by atomic mass is 35.5. The number of phenols is 2. The van der Waals surface area contributed by atoms with Crippen molar-refractivity contribution >= 4 is 48.4 Å². The van der Waals surface area contributed by atoms with Crippen molar-refractivity contribution in [1.82, 2.24) is 20.4 Å². The van der Waals surface area contributed by atoms with Crippen molar-refractivity contribution in [2.75, 3.05) is 19.6 Å². The molecule has 14 nitrogen and oxygen atoms in total. The maximum atomic E-state index is 15.1. The Kier molecular flexibility index (Phi) is 8.44. The van der Waals surface area contributed by atoms with Gasteiger partial charge in [-0.1, -0.05) is 17.7 Å². The molecule has 0 aliphatic carbocycles. The third-order valence-electron chi connectivity index (χ3n) is 6.71. The lowest BCUT2D eigenvalue weighted by Gasteiger charge is -2.33. The summed E-state index contributed by atoms with van der Waals surface area (Å²) in [5, 5.41) is 43.2. The first-order valence-electron chi connectivity index (χ1n) is 12.3. The molecule has 4 rings (SSSR count). The number of halogens is 3. The minimum absolute atomic E-state index is 0.0234. The number of rotatable bonds is 6. The van der Waals surface area contributed by atoms with Crippen LogP contribution in [-0.2, 0) is 20.8 Å². The fourth-order valence-electron chi connectivity index (χ4n) is 4.54. The van der Waals surface area contributed by atoms with E-state index in [-0.39, 0.29) is 31.6 Å². The molecule has 0 saturated carbocycles. The van der Waals surface area contributed by atoms with Gasteiger partial charge < -0.3 is 40.5 Å². The van der Waals surface area contributed by atoms with Gasteiger partial charge in [0.15, 0.2) is 17.3 Å². The van der Waals surface area contributed by atoms with Gasteiger partial charge in [-0.25, -0.2) is 18.4 Å². The van der Waals surface area contributed by atoms with Crippen LogP contribution in [0.1, 0.15) is 34.5 Å². The monoisotopic (exact) mass is 610 g/mol. The zero-order valence-electron chi connectivity index (χ0n) is 21.6. The summed E-state index contributed by atoms with van der Waals surface area (Å²) in [5.74, 6) is -12.1. The van der Waals surface area contributed by atoms with Crippen LogP contribution in [0.15, 0.2) is 18.2 Å². The second-order valence-electron chi connectivity index (χ2n) is 9.22. The molecule has 2 aromatic carbocycles. The van der Waals surface area contributed by atoms with Crippen LogP contribution in [0, 0.1) is 11.6 Å². The Morgan fingerprint density at radius 2 is 1.88 bits per heavy atom. The van der Waals surface area contributed by atoms with Gasteiger partial charge in [-0.3, -0.25) is 19.3 Å². The number of urea groups is 1.